The molecule has 3 heteroatoms. The Bertz CT molecular complexity index is 449. The van der Waals surface area contributed by atoms with Crippen LogP contribution in [0.2, 0.25) is 10.0 Å². The molecular formula is C15H18Cl2O. The molecule has 0 aromatic heterocycles. The molecule has 0 aliphatic carbocycles. The number of aliphatic hydroxyl groups is 1. The average Bonchev–Trinajstić information content (AvgIpc) is 2.24. The summed E-state index contributed by atoms with van der Waals surface area (Å²) >= 11 is 11.8. The van der Waals surface area contributed by atoms with Crippen molar-refractivity contribution < 1.29 is 5.11 Å². The molecule has 2 unspecified atom stereocenters. The Morgan fingerprint density at radius 3 is 2.33 bits per heavy atom. The molecule has 1 rings (SSSR count). The summed E-state index contributed by atoms with van der Waals surface area (Å²) in [6.07, 6.45) is 1.69. The second-order valence-electron chi connectivity index (χ2n) is 4.90. The maximum Gasteiger partial charge on any atom is 0.123 e. The zero-order valence-electron chi connectivity index (χ0n) is 10.9. The lowest BCUT2D eigenvalue weighted by Crippen LogP contribution is -2.24. The largest absolute Gasteiger partial charge is 0.378 e. The molecule has 0 bridgehead atoms. The standard InChI is InChI=1S/C15H18Cl2O/c1-4-11(2)10-15(3,18)6-5-12-7-13(16)9-14(17)8-12/h7-9,11,18H,4,10H2,1-3H3. The highest BCUT2D eigenvalue weighted by Gasteiger charge is 2.19. The fraction of sp³-hybridized carbons (Fsp3) is 0.467. The van der Waals surface area contributed by atoms with Crippen LogP contribution < -0.4 is 0 Å². The molecule has 1 N–H and O–H groups in total. The van der Waals surface area contributed by atoms with E-state index in [0.717, 1.165) is 12.0 Å². The number of hydrogen-bond donors (Lipinski definition) is 1. The molecule has 0 aliphatic rings. The van der Waals surface area contributed by atoms with E-state index < -0.39 is 5.60 Å². The van der Waals surface area contributed by atoms with Crippen LogP contribution in [0, 0.1) is 17.8 Å². The Morgan fingerprint density at radius 1 is 1.28 bits per heavy atom. The molecule has 0 amide bonds. The maximum atomic E-state index is 10.2. The molecule has 0 fully saturated rings. The van der Waals surface area contributed by atoms with Crippen molar-refractivity contribution in [3.05, 3.63) is 33.8 Å². The zero-order valence-corrected chi connectivity index (χ0v) is 12.4. The fourth-order valence-electron chi connectivity index (χ4n) is 1.71. The first-order valence-corrected chi connectivity index (χ1v) is 6.79. The van der Waals surface area contributed by atoms with Gasteiger partial charge in [-0.05, 0) is 37.5 Å². The highest BCUT2D eigenvalue weighted by molar-refractivity contribution is 6.34. The van der Waals surface area contributed by atoms with Crippen molar-refractivity contribution in [1.29, 1.82) is 0 Å². The molecular weight excluding hydrogens is 267 g/mol. The van der Waals surface area contributed by atoms with E-state index in [1.807, 2.05) is 0 Å². The van der Waals surface area contributed by atoms with Gasteiger partial charge in [-0.15, -0.1) is 0 Å². The molecule has 18 heavy (non-hydrogen) atoms. The normalized spacial score (nSPS) is 15.4. The van der Waals surface area contributed by atoms with Crippen LogP contribution >= 0.6 is 23.2 Å². The summed E-state index contributed by atoms with van der Waals surface area (Å²) in [5, 5.41) is 11.3. The van der Waals surface area contributed by atoms with Crippen molar-refractivity contribution in [3.8, 4) is 11.8 Å². The van der Waals surface area contributed by atoms with Gasteiger partial charge in [-0.3, -0.25) is 0 Å². The Hall–Kier alpha value is -0.680. The van der Waals surface area contributed by atoms with Gasteiger partial charge in [0.05, 0.1) is 0 Å². The van der Waals surface area contributed by atoms with Gasteiger partial charge < -0.3 is 5.11 Å². The molecule has 1 nitrogen and oxygen atoms in total. The Kier molecular flexibility index (Phi) is 5.53. The Labute approximate surface area is 119 Å². The van der Waals surface area contributed by atoms with Crippen molar-refractivity contribution >= 4 is 23.2 Å². The first-order valence-electron chi connectivity index (χ1n) is 6.04. The van der Waals surface area contributed by atoms with Gasteiger partial charge in [0.25, 0.3) is 0 Å². The summed E-state index contributed by atoms with van der Waals surface area (Å²) in [5.74, 6) is 6.25. The molecule has 2 atom stereocenters. The van der Waals surface area contributed by atoms with Crippen LogP contribution in [0.5, 0.6) is 0 Å². The van der Waals surface area contributed by atoms with Gasteiger partial charge in [-0.2, -0.15) is 0 Å². The number of halogens is 2. The maximum absolute atomic E-state index is 10.2. The van der Waals surface area contributed by atoms with Gasteiger partial charge >= 0.3 is 0 Å². The molecule has 0 spiro atoms. The van der Waals surface area contributed by atoms with E-state index in [2.05, 4.69) is 25.7 Å². The van der Waals surface area contributed by atoms with Crippen LogP contribution in [-0.2, 0) is 0 Å². The molecule has 98 valence electrons. The summed E-state index contributed by atoms with van der Waals surface area (Å²) in [6, 6.07) is 5.13. The lowest BCUT2D eigenvalue weighted by atomic mass is 9.92. The number of rotatable bonds is 3. The van der Waals surface area contributed by atoms with Gasteiger partial charge in [0, 0.05) is 15.6 Å². The minimum Gasteiger partial charge on any atom is -0.378 e. The van der Waals surface area contributed by atoms with Crippen LogP contribution in [0.15, 0.2) is 18.2 Å². The first-order chi connectivity index (χ1) is 8.32. The zero-order chi connectivity index (χ0) is 13.8. The Balaban J connectivity index is 2.86. The molecule has 0 radical (unpaired) electrons. The van der Waals surface area contributed by atoms with Crippen molar-refractivity contribution in [2.24, 2.45) is 5.92 Å². The van der Waals surface area contributed by atoms with Gasteiger partial charge in [-0.1, -0.05) is 55.3 Å². The van der Waals surface area contributed by atoms with E-state index in [9.17, 15) is 5.11 Å². The summed E-state index contributed by atoms with van der Waals surface area (Å²) < 4.78 is 0. The summed E-state index contributed by atoms with van der Waals surface area (Å²) in [6.45, 7) is 5.94. The third-order valence-corrected chi connectivity index (χ3v) is 3.22. The van der Waals surface area contributed by atoms with E-state index in [4.69, 9.17) is 23.2 Å². The minimum atomic E-state index is -0.982. The Morgan fingerprint density at radius 2 is 1.83 bits per heavy atom. The summed E-state index contributed by atoms with van der Waals surface area (Å²) in [5.41, 5.74) is -0.263. The topological polar surface area (TPSA) is 20.2 Å². The second-order valence-corrected chi connectivity index (χ2v) is 5.77. The first kappa shape index (κ1) is 15.4. The van der Waals surface area contributed by atoms with Crippen molar-refractivity contribution in [2.45, 2.75) is 39.2 Å². The molecule has 0 heterocycles. The predicted octanol–water partition coefficient (Wildman–Crippen LogP) is 4.53. The van der Waals surface area contributed by atoms with E-state index in [0.29, 0.717) is 22.4 Å². The fourth-order valence-corrected chi connectivity index (χ4v) is 2.23. The molecule has 0 saturated carbocycles. The molecule has 1 aromatic carbocycles. The quantitative estimate of drug-likeness (QED) is 0.809. The van der Waals surface area contributed by atoms with E-state index in [1.165, 1.54) is 0 Å². The molecule has 0 saturated heterocycles. The van der Waals surface area contributed by atoms with Crippen molar-refractivity contribution in [2.75, 3.05) is 0 Å². The van der Waals surface area contributed by atoms with Gasteiger partial charge in [0.1, 0.15) is 5.60 Å². The highest BCUT2D eigenvalue weighted by Crippen LogP contribution is 2.20. The summed E-state index contributed by atoms with van der Waals surface area (Å²) in [7, 11) is 0. The predicted molar refractivity (Wildman–Crippen MR) is 78.0 cm³/mol. The van der Waals surface area contributed by atoms with Crippen molar-refractivity contribution in [3.63, 3.8) is 0 Å². The lowest BCUT2D eigenvalue weighted by Gasteiger charge is -2.20. The number of hydrogen-bond acceptors (Lipinski definition) is 1. The third kappa shape index (κ3) is 5.31. The van der Waals surface area contributed by atoms with Gasteiger partial charge in [-0.25, -0.2) is 0 Å². The SMILES string of the molecule is CCC(C)CC(C)(O)C#Cc1cc(Cl)cc(Cl)c1. The van der Waals surface area contributed by atoms with E-state index in [-0.39, 0.29) is 0 Å². The molecule has 1 aromatic rings. The highest BCUT2D eigenvalue weighted by atomic mass is 35.5. The smallest absolute Gasteiger partial charge is 0.123 e. The van der Waals surface area contributed by atoms with Crippen LogP contribution in [0.3, 0.4) is 0 Å². The van der Waals surface area contributed by atoms with Crippen LogP contribution in [-0.4, -0.2) is 10.7 Å². The monoisotopic (exact) mass is 284 g/mol. The third-order valence-electron chi connectivity index (χ3n) is 2.78. The second kappa shape index (κ2) is 6.48. The van der Waals surface area contributed by atoms with Gasteiger partial charge in [0.2, 0.25) is 0 Å². The van der Waals surface area contributed by atoms with E-state index >= 15 is 0 Å². The van der Waals surface area contributed by atoms with Gasteiger partial charge in [0.15, 0.2) is 0 Å². The lowest BCUT2D eigenvalue weighted by molar-refractivity contribution is 0.0939. The van der Waals surface area contributed by atoms with Crippen LogP contribution in [0.25, 0.3) is 0 Å². The minimum absolute atomic E-state index is 0.442. The average molecular weight is 285 g/mol. The molecule has 0 aliphatic heterocycles. The van der Waals surface area contributed by atoms with Crippen LogP contribution in [0.1, 0.15) is 39.2 Å². The van der Waals surface area contributed by atoms with Crippen molar-refractivity contribution in [1.82, 2.24) is 0 Å². The van der Waals surface area contributed by atoms with Crippen LogP contribution in [0.4, 0.5) is 0 Å². The number of benzene rings is 1. The summed E-state index contributed by atoms with van der Waals surface area (Å²) in [4.78, 5) is 0. The van der Waals surface area contributed by atoms with E-state index in [1.54, 1.807) is 25.1 Å².